The van der Waals surface area contributed by atoms with Gasteiger partial charge in [0.1, 0.15) is 5.82 Å². The first-order chi connectivity index (χ1) is 14.0. The summed E-state index contributed by atoms with van der Waals surface area (Å²) in [6.45, 7) is 10.1. The van der Waals surface area contributed by atoms with Crippen molar-refractivity contribution in [1.82, 2.24) is 15.0 Å². The number of aromatic amines is 1. The van der Waals surface area contributed by atoms with Crippen molar-refractivity contribution < 1.29 is 4.79 Å². The van der Waals surface area contributed by atoms with E-state index in [4.69, 9.17) is 11.6 Å². The molecular formula is C22H26ClN5O2. The maximum Gasteiger partial charge on any atom is 0.253 e. The molecule has 30 heavy (non-hydrogen) atoms. The molecule has 1 atom stereocenters. The second-order valence-corrected chi connectivity index (χ2v) is 8.99. The maximum absolute atomic E-state index is 12.5. The van der Waals surface area contributed by atoms with Gasteiger partial charge in [-0.3, -0.25) is 14.5 Å². The average molecular weight is 428 g/mol. The fourth-order valence-corrected chi connectivity index (χ4v) is 3.37. The predicted molar refractivity (Wildman–Crippen MR) is 121 cm³/mol. The number of rotatable bonds is 5. The van der Waals surface area contributed by atoms with Gasteiger partial charge in [0.05, 0.1) is 6.04 Å². The van der Waals surface area contributed by atoms with E-state index in [0.29, 0.717) is 28.9 Å². The molecule has 0 aliphatic rings. The van der Waals surface area contributed by atoms with Crippen LogP contribution in [0.3, 0.4) is 0 Å². The molecular weight excluding hydrogens is 402 g/mol. The molecule has 7 nitrogen and oxygen atoms in total. The Morgan fingerprint density at radius 3 is 2.67 bits per heavy atom. The zero-order valence-electron chi connectivity index (χ0n) is 17.8. The van der Waals surface area contributed by atoms with Crippen LogP contribution in [-0.4, -0.2) is 27.4 Å². The molecule has 2 N–H and O–H groups in total. The Kier molecular flexibility index (Phi) is 6.12. The summed E-state index contributed by atoms with van der Waals surface area (Å²) >= 11 is 6.08. The van der Waals surface area contributed by atoms with Gasteiger partial charge in [-0.1, -0.05) is 32.4 Å². The highest BCUT2D eigenvalue weighted by Crippen LogP contribution is 2.23. The number of halogens is 1. The minimum Gasteiger partial charge on any atom is -0.347 e. The second-order valence-electron chi connectivity index (χ2n) is 8.56. The number of nitrogens with one attached hydrogen (secondary N) is 2. The van der Waals surface area contributed by atoms with Gasteiger partial charge in [0.2, 0.25) is 11.9 Å². The van der Waals surface area contributed by atoms with Gasteiger partial charge in [-0.05, 0) is 42.7 Å². The van der Waals surface area contributed by atoms with Gasteiger partial charge in [0.25, 0.3) is 5.56 Å². The summed E-state index contributed by atoms with van der Waals surface area (Å²) in [5.74, 6) is 0.762. The fraction of sp³-hybridized carbons (Fsp3) is 0.364. The molecule has 2 aromatic heterocycles. The SMILES string of the molecule is CC(=O)N(CC(C)(C)C)c1ccnc(NC(C)c2cc3cc(Cl)ccc3[nH]c2=O)n1. The molecule has 0 radical (unpaired) electrons. The van der Waals surface area contributed by atoms with E-state index in [1.165, 1.54) is 6.92 Å². The Labute approximate surface area is 180 Å². The molecule has 158 valence electrons. The number of pyridine rings is 1. The third kappa shape index (κ3) is 5.16. The first-order valence-corrected chi connectivity index (χ1v) is 10.1. The molecule has 0 spiro atoms. The number of benzene rings is 1. The lowest BCUT2D eigenvalue weighted by Crippen LogP contribution is -2.37. The van der Waals surface area contributed by atoms with Gasteiger partial charge in [-0.15, -0.1) is 0 Å². The molecule has 0 bridgehead atoms. The lowest BCUT2D eigenvalue weighted by atomic mass is 9.96. The highest BCUT2D eigenvalue weighted by Gasteiger charge is 2.22. The molecule has 1 amide bonds. The summed E-state index contributed by atoms with van der Waals surface area (Å²) in [5, 5.41) is 4.60. The lowest BCUT2D eigenvalue weighted by Gasteiger charge is -2.28. The van der Waals surface area contributed by atoms with Crippen LogP contribution in [0.2, 0.25) is 5.02 Å². The molecule has 0 saturated heterocycles. The number of fused-ring (bicyclic) bond motifs is 1. The quantitative estimate of drug-likeness (QED) is 0.623. The van der Waals surface area contributed by atoms with Crippen molar-refractivity contribution in [3.8, 4) is 0 Å². The van der Waals surface area contributed by atoms with Gasteiger partial charge in [-0.2, -0.15) is 4.98 Å². The summed E-state index contributed by atoms with van der Waals surface area (Å²) < 4.78 is 0. The summed E-state index contributed by atoms with van der Waals surface area (Å²) in [4.78, 5) is 38.0. The van der Waals surface area contributed by atoms with Crippen molar-refractivity contribution in [2.24, 2.45) is 5.41 Å². The minimum absolute atomic E-state index is 0.0861. The van der Waals surface area contributed by atoms with Gasteiger partial charge in [-0.25, -0.2) is 4.98 Å². The van der Waals surface area contributed by atoms with E-state index >= 15 is 0 Å². The Morgan fingerprint density at radius 1 is 1.27 bits per heavy atom. The second kappa shape index (κ2) is 8.44. The molecule has 3 rings (SSSR count). The van der Waals surface area contributed by atoms with Crippen LogP contribution in [0.1, 0.15) is 46.2 Å². The van der Waals surface area contributed by atoms with Crippen LogP contribution in [0.25, 0.3) is 10.9 Å². The molecule has 8 heteroatoms. The van der Waals surface area contributed by atoms with Gasteiger partial charge in [0, 0.05) is 41.2 Å². The number of hydrogen-bond donors (Lipinski definition) is 2. The van der Waals surface area contributed by atoms with Crippen LogP contribution in [-0.2, 0) is 4.79 Å². The van der Waals surface area contributed by atoms with Crippen molar-refractivity contribution >= 4 is 40.2 Å². The standard InChI is InChI=1S/C22H26ClN5O2/c1-13(17-11-15-10-16(23)6-7-18(15)26-20(17)30)25-21-24-9-8-19(27-21)28(14(2)29)12-22(3,4)5/h6-11,13H,12H2,1-5H3,(H,26,30)(H,24,25,27). The Balaban J connectivity index is 1.89. The van der Waals surface area contributed by atoms with Crippen LogP contribution in [0.15, 0.2) is 41.3 Å². The average Bonchev–Trinajstić information content (AvgIpc) is 2.65. The number of aromatic nitrogens is 3. The third-order valence-corrected chi connectivity index (χ3v) is 4.81. The molecule has 1 aromatic carbocycles. The molecule has 1 unspecified atom stereocenters. The maximum atomic E-state index is 12.5. The summed E-state index contributed by atoms with van der Waals surface area (Å²) in [6, 6.07) is 8.47. The van der Waals surface area contributed by atoms with Gasteiger partial charge < -0.3 is 10.3 Å². The van der Waals surface area contributed by atoms with E-state index in [1.54, 1.807) is 35.4 Å². The van der Waals surface area contributed by atoms with Crippen LogP contribution >= 0.6 is 11.6 Å². The number of hydrogen-bond acceptors (Lipinski definition) is 5. The molecule has 0 aliphatic heterocycles. The number of anilines is 2. The minimum atomic E-state index is -0.360. The number of carbonyl (C=O) groups excluding carboxylic acids is 1. The van der Waals surface area contributed by atoms with E-state index < -0.39 is 0 Å². The largest absolute Gasteiger partial charge is 0.347 e. The zero-order valence-corrected chi connectivity index (χ0v) is 18.5. The van der Waals surface area contributed by atoms with Crippen LogP contribution < -0.4 is 15.8 Å². The van der Waals surface area contributed by atoms with Crippen LogP contribution in [0.5, 0.6) is 0 Å². The van der Waals surface area contributed by atoms with E-state index in [9.17, 15) is 9.59 Å². The highest BCUT2D eigenvalue weighted by molar-refractivity contribution is 6.31. The van der Waals surface area contributed by atoms with Crippen molar-refractivity contribution in [2.75, 3.05) is 16.8 Å². The van der Waals surface area contributed by atoms with Crippen LogP contribution in [0, 0.1) is 5.41 Å². The Hall–Kier alpha value is -2.93. The normalized spacial score (nSPS) is 12.6. The molecule has 2 heterocycles. The van der Waals surface area contributed by atoms with Crippen molar-refractivity contribution in [3.63, 3.8) is 0 Å². The summed E-state index contributed by atoms with van der Waals surface area (Å²) in [7, 11) is 0. The van der Waals surface area contributed by atoms with Gasteiger partial charge >= 0.3 is 0 Å². The third-order valence-electron chi connectivity index (χ3n) is 4.58. The topological polar surface area (TPSA) is 91.0 Å². The molecule has 0 aliphatic carbocycles. The van der Waals surface area contributed by atoms with E-state index in [-0.39, 0.29) is 22.9 Å². The first-order valence-electron chi connectivity index (χ1n) is 9.74. The number of carbonyl (C=O) groups is 1. The van der Waals surface area contributed by atoms with Crippen molar-refractivity contribution in [3.05, 3.63) is 57.5 Å². The lowest BCUT2D eigenvalue weighted by molar-refractivity contribution is -0.116. The monoisotopic (exact) mass is 427 g/mol. The highest BCUT2D eigenvalue weighted by atomic mass is 35.5. The zero-order chi connectivity index (χ0) is 22.1. The van der Waals surface area contributed by atoms with Crippen molar-refractivity contribution in [1.29, 1.82) is 0 Å². The predicted octanol–water partition coefficient (Wildman–Crippen LogP) is 4.54. The van der Waals surface area contributed by atoms with E-state index in [0.717, 1.165) is 10.9 Å². The molecule has 3 aromatic rings. The van der Waals surface area contributed by atoms with Gasteiger partial charge in [0.15, 0.2) is 0 Å². The summed E-state index contributed by atoms with van der Waals surface area (Å²) in [5.41, 5.74) is 0.978. The van der Waals surface area contributed by atoms with Crippen molar-refractivity contribution in [2.45, 2.75) is 40.7 Å². The number of amides is 1. The first kappa shape index (κ1) is 21.8. The Bertz CT molecular complexity index is 1140. The van der Waals surface area contributed by atoms with E-state index in [2.05, 4.69) is 41.0 Å². The Morgan fingerprint density at radius 2 is 2.00 bits per heavy atom. The summed E-state index contributed by atoms with van der Waals surface area (Å²) in [6.07, 6.45) is 1.60. The van der Waals surface area contributed by atoms with E-state index in [1.807, 2.05) is 13.0 Å². The molecule has 0 saturated carbocycles. The smallest absolute Gasteiger partial charge is 0.253 e. The molecule has 0 fully saturated rings. The van der Waals surface area contributed by atoms with Crippen LogP contribution in [0.4, 0.5) is 11.8 Å². The fourth-order valence-electron chi connectivity index (χ4n) is 3.18. The number of nitrogens with zero attached hydrogens (tertiary/aromatic N) is 3. The number of H-pyrrole nitrogens is 1.